The highest BCUT2D eigenvalue weighted by Gasteiger charge is 2.25. The van der Waals surface area contributed by atoms with Crippen LogP contribution >= 0.6 is 0 Å². The number of nitrogens with zero attached hydrogens (tertiary/aromatic N) is 2. The van der Waals surface area contributed by atoms with E-state index in [2.05, 4.69) is 60.4 Å². The van der Waals surface area contributed by atoms with E-state index in [9.17, 15) is 4.79 Å². The molecule has 6 heteroatoms. The largest absolute Gasteiger partial charge is 0.493 e. The molecule has 2 heterocycles. The van der Waals surface area contributed by atoms with Crippen LogP contribution in [0.25, 0.3) is 22.0 Å². The Morgan fingerprint density at radius 1 is 1.02 bits per heavy atom. The number of carbonyl (C=O) groups excluding carboxylic acids is 1. The van der Waals surface area contributed by atoms with E-state index in [0.29, 0.717) is 24.8 Å². The Hall–Kier alpha value is -3.77. The smallest absolute Gasteiger partial charge is 0.258 e. The number of fused-ring (bicyclic) bond motifs is 2. The minimum atomic E-state index is -0.00149. The van der Waals surface area contributed by atoms with E-state index in [-0.39, 0.29) is 5.91 Å². The van der Waals surface area contributed by atoms with Gasteiger partial charge in [0, 0.05) is 35.4 Å². The number of hydrogen-bond donors (Lipinski definition) is 2. The fraction of sp³-hybridized carbons (Fsp3) is 0.382. The van der Waals surface area contributed by atoms with Crippen molar-refractivity contribution >= 4 is 28.2 Å². The first kappa shape index (κ1) is 27.8. The van der Waals surface area contributed by atoms with Crippen molar-refractivity contribution in [3.05, 3.63) is 78.5 Å². The van der Waals surface area contributed by atoms with Crippen molar-refractivity contribution in [2.75, 3.05) is 43.5 Å². The number of unbranched alkanes of at least 4 members (excludes halogenated alkanes) is 2. The molecule has 0 aliphatic carbocycles. The Morgan fingerprint density at radius 2 is 1.88 bits per heavy atom. The van der Waals surface area contributed by atoms with Crippen molar-refractivity contribution in [3.8, 4) is 16.9 Å². The number of para-hydroxylation sites is 2. The third-order valence-electron chi connectivity index (χ3n) is 7.81. The maximum absolute atomic E-state index is 13.9. The van der Waals surface area contributed by atoms with Gasteiger partial charge in [0.15, 0.2) is 0 Å². The topological polar surface area (TPSA) is 60.6 Å². The van der Waals surface area contributed by atoms with Gasteiger partial charge in [-0.3, -0.25) is 4.79 Å². The average molecular weight is 539 g/mol. The summed E-state index contributed by atoms with van der Waals surface area (Å²) in [6.45, 7) is 7.88. The molecule has 3 aromatic carbocycles. The molecule has 5 rings (SSSR count). The first-order chi connectivity index (χ1) is 19.5. The third kappa shape index (κ3) is 6.50. The Balaban J connectivity index is 1.39. The van der Waals surface area contributed by atoms with Gasteiger partial charge in [0.05, 0.1) is 18.0 Å². The van der Waals surface area contributed by atoms with E-state index in [1.165, 1.54) is 12.8 Å². The van der Waals surface area contributed by atoms with Crippen LogP contribution in [-0.4, -0.2) is 55.1 Å². The molecule has 0 saturated carbocycles. The van der Waals surface area contributed by atoms with Gasteiger partial charge in [0.25, 0.3) is 5.91 Å². The number of amides is 1. The fourth-order valence-corrected chi connectivity index (χ4v) is 5.42. The van der Waals surface area contributed by atoms with Crippen molar-refractivity contribution in [2.24, 2.45) is 0 Å². The molecular formula is C34H42N4O2. The van der Waals surface area contributed by atoms with Gasteiger partial charge < -0.3 is 24.8 Å². The molecule has 0 spiro atoms. The van der Waals surface area contributed by atoms with E-state index in [0.717, 1.165) is 71.5 Å². The highest BCUT2D eigenvalue weighted by atomic mass is 16.5. The van der Waals surface area contributed by atoms with Crippen LogP contribution in [0.2, 0.25) is 0 Å². The van der Waals surface area contributed by atoms with Crippen LogP contribution in [-0.2, 0) is 0 Å². The Kier molecular flexibility index (Phi) is 9.07. The Morgan fingerprint density at radius 3 is 2.75 bits per heavy atom. The Bertz CT molecular complexity index is 1430. The molecule has 0 fully saturated rings. The van der Waals surface area contributed by atoms with Crippen LogP contribution in [0.4, 0.5) is 11.4 Å². The lowest BCUT2D eigenvalue weighted by Crippen LogP contribution is -2.32. The van der Waals surface area contributed by atoms with Crippen LogP contribution in [0.15, 0.2) is 72.9 Å². The molecule has 0 unspecified atom stereocenters. The molecular weight excluding hydrogens is 496 g/mol. The van der Waals surface area contributed by atoms with Gasteiger partial charge in [-0.05, 0) is 112 Å². The highest BCUT2D eigenvalue weighted by molar-refractivity contribution is 6.08. The summed E-state index contributed by atoms with van der Waals surface area (Å²) in [7, 11) is 2.19. The van der Waals surface area contributed by atoms with Crippen LogP contribution in [0.5, 0.6) is 5.75 Å². The molecule has 4 aromatic rings. The lowest BCUT2D eigenvalue weighted by atomic mass is 10.0. The summed E-state index contributed by atoms with van der Waals surface area (Å²) in [4.78, 5) is 21.5. The molecule has 40 heavy (non-hydrogen) atoms. The van der Waals surface area contributed by atoms with E-state index in [1.807, 2.05) is 53.6 Å². The number of rotatable bonds is 11. The molecule has 1 aliphatic heterocycles. The zero-order valence-electron chi connectivity index (χ0n) is 24.1. The summed E-state index contributed by atoms with van der Waals surface area (Å²) in [5.74, 6) is 0.757. The summed E-state index contributed by atoms with van der Waals surface area (Å²) < 4.78 is 6.43. The van der Waals surface area contributed by atoms with Crippen LogP contribution in [0.3, 0.4) is 0 Å². The zero-order chi connectivity index (χ0) is 27.9. The fourth-order valence-electron chi connectivity index (χ4n) is 5.42. The quantitative estimate of drug-likeness (QED) is 0.193. The summed E-state index contributed by atoms with van der Waals surface area (Å²) in [6, 6.07) is 22.8. The second-order valence-corrected chi connectivity index (χ2v) is 11.0. The molecule has 6 nitrogen and oxygen atoms in total. The molecule has 0 saturated heterocycles. The van der Waals surface area contributed by atoms with E-state index in [1.54, 1.807) is 0 Å². The van der Waals surface area contributed by atoms with Crippen molar-refractivity contribution < 1.29 is 9.53 Å². The number of benzene rings is 3. The van der Waals surface area contributed by atoms with E-state index in [4.69, 9.17) is 4.74 Å². The predicted molar refractivity (Wildman–Crippen MR) is 167 cm³/mol. The number of hydrogen-bond acceptors (Lipinski definition) is 4. The van der Waals surface area contributed by atoms with Crippen molar-refractivity contribution in [3.63, 3.8) is 0 Å². The van der Waals surface area contributed by atoms with E-state index < -0.39 is 0 Å². The van der Waals surface area contributed by atoms with Gasteiger partial charge in [-0.25, -0.2) is 0 Å². The second-order valence-electron chi connectivity index (χ2n) is 11.0. The predicted octanol–water partition coefficient (Wildman–Crippen LogP) is 7.58. The van der Waals surface area contributed by atoms with Crippen LogP contribution in [0.1, 0.15) is 56.3 Å². The molecule has 0 bridgehead atoms. The monoisotopic (exact) mass is 538 g/mol. The van der Waals surface area contributed by atoms with Gasteiger partial charge in [0.1, 0.15) is 5.75 Å². The number of nitrogens with one attached hydrogen (secondary N) is 2. The molecule has 0 radical (unpaired) electrons. The highest BCUT2D eigenvalue weighted by Crippen LogP contribution is 2.35. The number of ether oxygens (including phenoxy) is 1. The first-order valence-electron chi connectivity index (χ1n) is 14.7. The zero-order valence-corrected chi connectivity index (χ0v) is 24.1. The van der Waals surface area contributed by atoms with E-state index >= 15 is 0 Å². The lowest BCUT2D eigenvalue weighted by molar-refractivity contribution is 0.0986. The van der Waals surface area contributed by atoms with Crippen molar-refractivity contribution in [2.45, 2.75) is 52.0 Å². The molecule has 1 amide bonds. The molecule has 210 valence electrons. The van der Waals surface area contributed by atoms with Crippen molar-refractivity contribution in [1.29, 1.82) is 0 Å². The maximum Gasteiger partial charge on any atom is 0.258 e. The van der Waals surface area contributed by atoms with Crippen LogP contribution < -0.4 is 15.0 Å². The van der Waals surface area contributed by atoms with Crippen LogP contribution in [0, 0.1) is 0 Å². The summed E-state index contributed by atoms with van der Waals surface area (Å²) >= 11 is 0. The summed E-state index contributed by atoms with van der Waals surface area (Å²) in [5.41, 5.74) is 5.76. The summed E-state index contributed by atoms with van der Waals surface area (Å²) in [5, 5.41) is 4.70. The number of anilines is 2. The standard InChI is InChI=1S/C34H42N4O2/c1-4-5-19-37(3)20-8-9-22-40-33-24-28(12-14-29(33)26-13-15-30-27(23-26)16-18-35-30)34(39)38-21-17-25(2)36-31-10-6-7-11-32(31)38/h6-7,10-16,18,23-25,35-36H,4-5,8-9,17,19-22H2,1-3H3/t25-/m0/s1. The normalized spacial score (nSPS) is 15.1. The lowest BCUT2D eigenvalue weighted by Gasteiger charge is -2.23. The molecule has 2 N–H and O–H groups in total. The van der Waals surface area contributed by atoms with Crippen molar-refractivity contribution in [1.82, 2.24) is 9.88 Å². The SMILES string of the molecule is CCCCN(C)CCCCOc1cc(C(=O)N2CC[C@H](C)Nc3ccccc32)ccc1-c1ccc2[nH]ccc2c1. The minimum Gasteiger partial charge on any atom is -0.493 e. The number of H-pyrrole nitrogens is 1. The molecule has 1 aliphatic rings. The van der Waals surface area contributed by atoms with Gasteiger partial charge in [-0.1, -0.05) is 31.5 Å². The summed E-state index contributed by atoms with van der Waals surface area (Å²) in [6.07, 6.45) is 7.34. The molecule has 1 aromatic heterocycles. The number of aromatic nitrogens is 1. The maximum atomic E-state index is 13.9. The second kappa shape index (κ2) is 13.1. The van der Waals surface area contributed by atoms with Gasteiger partial charge in [-0.15, -0.1) is 0 Å². The van der Waals surface area contributed by atoms with Gasteiger partial charge in [0.2, 0.25) is 0 Å². The third-order valence-corrected chi connectivity index (χ3v) is 7.81. The Labute approximate surface area is 238 Å². The first-order valence-corrected chi connectivity index (χ1v) is 14.7. The molecule has 1 atom stereocenters. The average Bonchev–Trinajstić information content (AvgIpc) is 3.37. The van der Waals surface area contributed by atoms with Gasteiger partial charge >= 0.3 is 0 Å². The minimum absolute atomic E-state index is 0.00149. The number of aromatic amines is 1. The van der Waals surface area contributed by atoms with Gasteiger partial charge in [-0.2, -0.15) is 0 Å². The number of carbonyl (C=O) groups is 1.